The topological polar surface area (TPSA) is 0 Å². The Morgan fingerprint density at radius 1 is 0.667 bits per heavy atom. The van der Waals surface area contributed by atoms with Crippen molar-refractivity contribution >= 4 is 23.8 Å². The number of hydrogen-bond donors (Lipinski definition) is 0. The van der Waals surface area contributed by atoms with Gasteiger partial charge in [-0.25, -0.2) is 7.92 Å². The summed E-state index contributed by atoms with van der Waals surface area (Å²) in [7, 11) is -0.583. The van der Waals surface area contributed by atoms with Gasteiger partial charge in [-0.2, -0.15) is 0 Å². The van der Waals surface area contributed by atoms with E-state index in [2.05, 4.69) is 97.1 Å². The molecule has 4 aromatic rings. The van der Waals surface area contributed by atoms with Crippen LogP contribution in [0.15, 0.2) is 66.7 Å². The zero-order chi connectivity index (χ0) is 15.7. The molecule has 0 nitrogen and oxygen atoms in total. The summed E-state index contributed by atoms with van der Waals surface area (Å²) in [6, 6.07) is 45.0. The van der Waals surface area contributed by atoms with Gasteiger partial charge in [-0.1, -0.05) is 71.3 Å². The van der Waals surface area contributed by atoms with Crippen LogP contribution < -0.4 is 15.9 Å². The fourth-order valence-electron chi connectivity index (χ4n) is 2.07. The molecule has 0 unspecified atom stereocenters. The average Bonchev–Trinajstić information content (AvgIpc) is 3.34. The van der Waals surface area contributed by atoms with E-state index < -0.39 is 7.92 Å². The van der Waals surface area contributed by atoms with Crippen molar-refractivity contribution < 1.29 is 19.5 Å². The van der Waals surface area contributed by atoms with Crippen LogP contribution in [-0.4, -0.2) is 0 Å². The summed E-state index contributed by atoms with van der Waals surface area (Å²) in [6.45, 7) is 0. The molecule has 0 amide bonds. The molecular weight excluding hydrogens is 396 g/mol. The van der Waals surface area contributed by atoms with Crippen molar-refractivity contribution in [1.82, 2.24) is 0 Å². The normalized spacial score (nSPS) is 9.71. The van der Waals surface area contributed by atoms with Crippen molar-refractivity contribution in [2.75, 3.05) is 0 Å². The van der Waals surface area contributed by atoms with Gasteiger partial charge >= 0.3 is 0 Å². The quantitative estimate of drug-likeness (QED) is 0.278. The molecule has 122 valence electrons. The minimum absolute atomic E-state index is 0. The monoisotopic (exact) mass is 408 g/mol. The second-order valence-electron chi connectivity index (χ2n) is 4.54. The van der Waals surface area contributed by atoms with Gasteiger partial charge in [0.05, 0.1) is 0 Å². The van der Waals surface area contributed by atoms with Crippen LogP contribution in [0.25, 0.3) is 0 Å². The van der Waals surface area contributed by atoms with Gasteiger partial charge < -0.3 is 59.9 Å². The van der Waals surface area contributed by atoms with Gasteiger partial charge in [0.1, 0.15) is 0 Å². The van der Waals surface area contributed by atoms with Gasteiger partial charge in [-0.3, -0.25) is 0 Å². The zero-order valence-corrected chi connectivity index (χ0v) is 15.3. The van der Waals surface area contributed by atoms with Gasteiger partial charge in [-0.15, -0.1) is 0 Å². The molecule has 0 saturated carbocycles. The van der Waals surface area contributed by atoms with Crippen LogP contribution in [0.2, 0.25) is 0 Å². The van der Waals surface area contributed by atoms with E-state index in [1.165, 1.54) is 10.6 Å². The maximum absolute atomic E-state index is 3.13. The molecule has 0 N–H and O–H groups in total. The Bertz CT molecular complexity index is 703. The van der Waals surface area contributed by atoms with Gasteiger partial charge in [0.15, 0.2) is 0 Å². The first-order valence-corrected chi connectivity index (χ1v) is 8.41. The van der Waals surface area contributed by atoms with Gasteiger partial charge in [0, 0.05) is 19.5 Å². The molecule has 0 spiro atoms. The predicted molar refractivity (Wildman–Crippen MR) is 93.5 cm³/mol. The molecule has 0 radical (unpaired) electrons. The van der Waals surface area contributed by atoms with Crippen molar-refractivity contribution in [3.63, 3.8) is 0 Å². The maximum atomic E-state index is 3.13. The van der Waals surface area contributed by atoms with Crippen molar-refractivity contribution in [1.29, 1.82) is 0 Å². The van der Waals surface area contributed by atoms with Crippen molar-refractivity contribution in [2.45, 2.75) is 0 Å². The molecule has 0 aliphatic carbocycles. The van der Waals surface area contributed by atoms with Crippen LogP contribution in [0, 0.1) is 48.5 Å². The summed E-state index contributed by atoms with van der Waals surface area (Å²) in [6.07, 6.45) is 0. The summed E-state index contributed by atoms with van der Waals surface area (Å²) < 4.78 is 0. The first-order valence-electron chi connectivity index (χ1n) is 7.07. The van der Waals surface area contributed by atoms with E-state index in [-0.39, 0.29) is 19.5 Å². The third-order valence-electron chi connectivity index (χ3n) is 3.03. The Balaban J connectivity index is 0.000000300. The molecule has 4 rings (SSSR count). The Morgan fingerprint density at radius 3 is 1.50 bits per heavy atom. The SMILES string of the molecule is [Ru].[c-]1[c-][c-][c-](P(c2ccccc2)c2ccccc2)[c-]1.[c-]1[c-][c-][cH-][c-]1. The van der Waals surface area contributed by atoms with E-state index in [1.807, 2.05) is 12.1 Å². The van der Waals surface area contributed by atoms with Crippen LogP contribution in [0.4, 0.5) is 0 Å². The van der Waals surface area contributed by atoms with E-state index in [9.17, 15) is 0 Å². The van der Waals surface area contributed by atoms with Crippen molar-refractivity contribution in [3.8, 4) is 0 Å². The van der Waals surface area contributed by atoms with Crippen LogP contribution in [0.5, 0.6) is 0 Å². The van der Waals surface area contributed by atoms with Crippen LogP contribution in [-0.2, 0) is 19.5 Å². The van der Waals surface area contributed by atoms with Gasteiger partial charge in [0.2, 0.25) is 0 Å². The molecule has 0 aliphatic heterocycles. The minimum Gasteiger partial charge on any atom is -0.999 e. The van der Waals surface area contributed by atoms with Crippen LogP contribution >= 0.6 is 7.92 Å². The molecule has 0 atom stereocenters. The summed E-state index contributed by atoms with van der Waals surface area (Å²) in [5.74, 6) is 0. The molecule has 0 heterocycles. The summed E-state index contributed by atoms with van der Waals surface area (Å²) >= 11 is 0. The van der Waals surface area contributed by atoms with Crippen molar-refractivity contribution in [3.05, 3.63) is 115 Å². The van der Waals surface area contributed by atoms with Crippen LogP contribution in [0.1, 0.15) is 0 Å². The largest absolute Gasteiger partial charge is 0.999 e. The van der Waals surface area contributed by atoms with E-state index >= 15 is 0 Å². The third kappa shape index (κ3) is 5.10. The molecule has 2 heteroatoms. The average molecular weight is 407 g/mol. The molecule has 0 fully saturated rings. The Hall–Kier alpha value is -1.81. The fourth-order valence-corrected chi connectivity index (χ4v) is 4.16. The van der Waals surface area contributed by atoms with E-state index in [0.717, 1.165) is 5.30 Å². The summed E-state index contributed by atoms with van der Waals surface area (Å²) in [4.78, 5) is 0. The molecule has 0 aromatic heterocycles. The Kier molecular flexibility index (Phi) is 7.83. The molecule has 24 heavy (non-hydrogen) atoms. The summed E-state index contributed by atoms with van der Waals surface area (Å²) in [5, 5.41) is 3.67. The van der Waals surface area contributed by atoms with Crippen LogP contribution in [0.3, 0.4) is 0 Å². The number of hydrogen-bond acceptors (Lipinski definition) is 0. The molecule has 0 aliphatic rings. The third-order valence-corrected chi connectivity index (χ3v) is 5.33. The second-order valence-corrected chi connectivity index (χ2v) is 6.69. The number of rotatable bonds is 3. The first kappa shape index (κ1) is 18.5. The smallest absolute Gasteiger partial charge is 0 e. The molecule has 0 saturated heterocycles. The van der Waals surface area contributed by atoms with Crippen molar-refractivity contribution in [2.24, 2.45) is 0 Å². The van der Waals surface area contributed by atoms with E-state index in [4.69, 9.17) is 0 Å². The minimum atomic E-state index is -0.583. The summed E-state index contributed by atoms with van der Waals surface area (Å²) in [5.41, 5.74) is 0. The Morgan fingerprint density at radius 2 is 1.12 bits per heavy atom. The van der Waals surface area contributed by atoms with E-state index in [0.29, 0.717) is 0 Å². The second kappa shape index (κ2) is 10.1. The Labute approximate surface area is 158 Å². The van der Waals surface area contributed by atoms with E-state index in [1.54, 1.807) is 6.07 Å². The zero-order valence-electron chi connectivity index (χ0n) is 12.7. The molecular formula is C22H11PRu-10. The fraction of sp³-hybridized carbons (Fsp3) is 0. The first-order chi connectivity index (χ1) is 11.4. The standard InChI is InChI=1S/C17H10P.C5H.Ru/c1-3-9-15(10-4-1)18(17-13-7-8-14-17)16-11-5-2-6-12-16;1-2-4-5-3-1;/h1-6,9-12H;1H;/q2*-5;. The number of benzene rings is 2. The van der Waals surface area contributed by atoms with Gasteiger partial charge in [-0.05, 0) is 0 Å². The predicted octanol–water partition coefficient (Wildman–Crippen LogP) is 2.97. The van der Waals surface area contributed by atoms with Gasteiger partial charge in [0.25, 0.3) is 0 Å². The molecule has 4 aromatic carbocycles. The maximum Gasteiger partial charge on any atom is 0 e. The molecule has 0 bridgehead atoms.